The van der Waals surface area contributed by atoms with Crippen molar-refractivity contribution >= 4 is 5.97 Å². The van der Waals surface area contributed by atoms with E-state index in [1.807, 2.05) is 0 Å². The van der Waals surface area contributed by atoms with Gasteiger partial charge in [0.05, 0.1) is 6.20 Å². The number of rotatable bonds is 2. The highest BCUT2D eigenvalue weighted by atomic mass is 16.5. The Labute approximate surface area is 82.3 Å². The number of nitrogens with one attached hydrogen (secondary N) is 1. The van der Waals surface area contributed by atoms with Crippen LogP contribution in [0.25, 0.3) is 0 Å². The smallest absolute Gasteiger partial charge is 0.310 e. The maximum absolute atomic E-state index is 11.0. The number of aromatic nitrogens is 2. The second-order valence-electron chi connectivity index (χ2n) is 2.52. The minimum atomic E-state index is -0.271. The van der Waals surface area contributed by atoms with Crippen LogP contribution in [-0.4, -0.2) is 15.9 Å². The highest BCUT2D eigenvalue weighted by Crippen LogP contribution is 2.04. The van der Waals surface area contributed by atoms with Gasteiger partial charge in [-0.05, 0) is 12.1 Å². The van der Waals surface area contributed by atoms with Crippen molar-refractivity contribution in [3.63, 3.8) is 0 Å². The predicted molar refractivity (Wildman–Crippen MR) is 52.1 cm³/mol. The molecule has 0 spiro atoms. The van der Waals surface area contributed by atoms with Gasteiger partial charge in [0.1, 0.15) is 5.75 Å². The van der Waals surface area contributed by atoms with Gasteiger partial charge in [-0.15, -0.1) is 0 Å². The van der Waals surface area contributed by atoms with Crippen LogP contribution in [0.15, 0.2) is 36.9 Å². The SMILES string of the molecule is CCC(=O)Oc1ccc[nH]ccnc1. The van der Waals surface area contributed by atoms with Crippen LogP contribution < -0.4 is 4.74 Å². The minimum absolute atomic E-state index is 0.271. The Balaban J connectivity index is 2.88. The molecule has 0 saturated carbocycles. The number of nitrogens with zero attached hydrogens (tertiary/aromatic N) is 1. The molecule has 1 aromatic rings. The lowest BCUT2D eigenvalue weighted by atomic mass is 10.5. The third kappa shape index (κ3) is 3.71. The topological polar surface area (TPSA) is 55.0 Å². The van der Waals surface area contributed by atoms with Gasteiger partial charge in [0.15, 0.2) is 0 Å². The lowest BCUT2D eigenvalue weighted by molar-refractivity contribution is -0.134. The monoisotopic (exact) mass is 192 g/mol. The maximum atomic E-state index is 11.0. The van der Waals surface area contributed by atoms with E-state index in [9.17, 15) is 4.79 Å². The molecule has 0 atom stereocenters. The fourth-order valence-electron chi connectivity index (χ4n) is 0.764. The molecule has 0 amide bonds. The standard InChI is InChI=1S/C10H12N2O2/c1-2-10(13)14-9-4-3-5-11-6-7-12-8-9/h3-8,11H,2H2,1H3. The van der Waals surface area contributed by atoms with Gasteiger partial charge in [0.2, 0.25) is 0 Å². The molecule has 0 fully saturated rings. The van der Waals surface area contributed by atoms with Crippen LogP contribution in [0, 0.1) is 0 Å². The first-order valence-electron chi connectivity index (χ1n) is 4.34. The highest BCUT2D eigenvalue weighted by Gasteiger charge is 1.98. The van der Waals surface area contributed by atoms with Crippen LogP contribution in [0.1, 0.15) is 13.3 Å². The molecule has 0 aliphatic rings. The van der Waals surface area contributed by atoms with Crippen molar-refractivity contribution in [1.29, 1.82) is 0 Å². The normalized spacial score (nSPS) is 8.93. The number of ether oxygens (including phenoxy) is 1. The average Bonchev–Trinajstić information content (AvgIpc) is 2.31. The van der Waals surface area contributed by atoms with Crippen molar-refractivity contribution in [2.45, 2.75) is 13.3 Å². The van der Waals surface area contributed by atoms with E-state index in [0.29, 0.717) is 12.2 Å². The van der Waals surface area contributed by atoms with Crippen LogP contribution in [0.4, 0.5) is 0 Å². The van der Waals surface area contributed by atoms with E-state index >= 15 is 0 Å². The molecule has 14 heavy (non-hydrogen) atoms. The van der Waals surface area contributed by atoms with Crippen LogP contribution in [0.5, 0.6) is 5.75 Å². The number of H-pyrrole nitrogens is 1. The van der Waals surface area contributed by atoms with Gasteiger partial charge < -0.3 is 9.72 Å². The third-order valence-corrected chi connectivity index (χ3v) is 1.43. The molecule has 4 nitrogen and oxygen atoms in total. The molecule has 1 rings (SSSR count). The molecular weight excluding hydrogens is 180 g/mol. The van der Waals surface area contributed by atoms with E-state index < -0.39 is 0 Å². The first-order valence-corrected chi connectivity index (χ1v) is 4.34. The highest BCUT2D eigenvalue weighted by molar-refractivity contribution is 5.71. The van der Waals surface area contributed by atoms with Gasteiger partial charge in [-0.3, -0.25) is 9.78 Å². The molecule has 0 aliphatic heterocycles. The fourth-order valence-corrected chi connectivity index (χ4v) is 0.764. The maximum Gasteiger partial charge on any atom is 0.310 e. The van der Waals surface area contributed by atoms with Crippen LogP contribution >= 0.6 is 0 Å². The summed E-state index contributed by atoms with van der Waals surface area (Å²) in [4.78, 5) is 17.7. The van der Waals surface area contributed by atoms with Crippen molar-refractivity contribution in [2.75, 3.05) is 0 Å². The quantitative estimate of drug-likeness (QED) is 0.727. The number of aromatic amines is 1. The molecule has 1 N–H and O–H groups in total. The van der Waals surface area contributed by atoms with Crippen LogP contribution in [0.2, 0.25) is 0 Å². The van der Waals surface area contributed by atoms with Crippen molar-refractivity contribution in [1.82, 2.24) is 9.97 Å². The Morgan fingerprint density at radius 2 is 2.43 bits per heavy atom. The summed E-state index contributed by atoms with van der Waals surface area (Å²) in [6.07, 6.45) is 6.80. The van der Waals surface area contributed by atoms with E-state index in [2.05, 4.69) is 9.97 Å². The van der Waals surface area contributed by atoms with Gasteiger partial charge in [0.25, 0.3) is 0 Å². The Morgan fingerprint density at radius 3 is 3.21 bits per heavy atom. The van der Waals surface area contributed by atoms with Crippen LogP contribution in [0.3, 0.4) is 0 Å². The summed E-state index contributed by atoms with van der Waals surface area (Å²) < 4.78 is 4.99. The van der Waals surface area contributed by atoms with Gasteiger partial charge in [0, 0.05) is 25.0 Å². The third-order valence-electron chi connectivity index (χ3n) is 1.43. The van der Waals surface area contributed by atoms with E-state index in [-0.39, 0.29) is 5.97 Å². The van der Waals surface area contributed by atoms with E-state index in [1.54, 1.807) is 37.6 Å². The Kier molecular flexibility index (Phi) is 4.20. The molecule has 0 unspecified atom stereocenters. The Bertz CT molecular complexity index is 322. The minimum Gasteiger partial charge on any atom is -0.425 e. The lowest BCUT2D eigenvalue weighted by Crippen LogP contribution is -2.04. The lowest BCUT2D eigenvalue weighted by Gasteiger charge is -1.97. The molecule has 0 saturated heterocycles. The number of carbonyl (C=O) groups excluding carboxylic acids is 1. The van der Waals surface area contributed by atoms with Crippen molar-refractivity contribution in [2.24, 2.45) is 0 Å². The second-order valence-corrected chi connectivity index (χ2v) is 2.52. The van der Waals surface area contributed by atoms with E-state index in [4.69, 9.17) is 4.74 Å². The summed E-state index contributed by atoms with van der Waals surface area (Å²) >= 11 is 0. The number of hydrogen-bond acceptors (Lipinski definition) is 3. The van der Waals surface area contributed by atoms with Gasteiger partial charge in [-0.25, -0.2) is 0 Å². The number of esters is 1. The molecule has 0 aromatic carbocycles. The molecule has 74 valence electrons. The first kappa shape index (κ1) is 10.2. The van der Waals surface area contributed by atoms with Gasteiger partial charge in [-0.2, -0.15) is 0 Å². The zero-order valence-electron chi connectivity index (χ0n) is 7.93. The molecule has 1 aromatic heterocycles. The van der Waals surface area contributed by atoms with Crippen molar-refractivity contribution in [3.8, 4) is 5.75 Å². The molecule has 0 aliphatic carbocycles. The zero-order chi connectivity index (χ0) is 10.2. The zero-order valence-corrected chi connectivity index (χ0v) is 7.93. The van der Waals surface area contributed by atoms with Crippen molar-refractivity contribution in [3.05, 3.63) is 36.9 Å². The van der Waals surface area contributed by atoms with Gasteiger partial charge in [-0.1, -0.05) is 6.92 Å². The summed E-state index contributed by atoms with van der Waals surface area (Å²) in [5, 5.41) is 0. The summed E-state index contributed by atoms with van der Waals surface area (Å²) in [7, 11) is 0. The molecule has 1 heterocycles. The molecule has 4 heteroatoms. The first-order chi connectivity index (χ1) is 6.83. The van der Waals surface area contributed by atoms with Crippen molar-refractivity contribution < 1.29 is 9.53 Å². The molecular formula is C10H12N2O2. The predicted octanol–water partition coefficient (Wildman–Crippen LogP) is 1.85. The van der Waals surface area contributed by atoms with Crippen LogP contribution in [-0.2, 0) is 4.79 Å². The Morgan fingerprint density at radius 1 is 1.57 bits per heavy atom. The van der Waals surface area contributed by atoms with Gasteiger partial charge >= 0.3 is 5.97 Å². The number of carbonyl (C=O) groups is 1. The largest absolute Gasteiger partial charge is 0.425 e. The summed E-state index contributed by atoms with van der Waals surface area (Å²) in [6.45, 7) is 1.74. The summed E-state index contributed by atoms with van der Waals surface area (Å²) in [6, 6.07) is 3.40. The fraction of sp³-hybridized carbons (Fsp3) is 0.200. The average molecular weight is 192 g/mol. The molecule has 0 bridgehead atoms. The number of hydrogen-bond donors (Lipinski definition) is 1. The Hall–Kier alpha value is -1.84. The second kappa shape index (κ2) is 5.75. The summed E-state index contributed by atoms with van der Waals surface area (Å²) in [5.41, 5.74) is 0. The summed E-state index contributed by atoms with van der Waals surface area (Å²) in [5.74, 6) is 0.161. The molecule has 0 radical (unpaired) electrons. The van der Waals surface area contributed by atoms with E-state index in [0.717, 1.165) is 0 Å². The van der Waals surface area contributed by atoms with E-state index in [1.165, 1.54) is 6.20 Å².